The Balaban J connectivity index is 1.61. The lowest BCUT2D eigenvalue weighted by molar-refractivity contribution is -0.111. The standard InChI is InChI=1S/C27H29NO4/c1-3-4-18-31-24-13-9-8-12-23(24)28-27(29)17-15-21-14-16-25(26(19-21)30-2)32-20-22-10-6-5-7-11-22/h5-17,19H,3-4,18,20H2,1-2H3,(H,28,29)/b17-15+. The highest BCUT2D eigenvalue weighted by molar-refractivity contribution is 6.02. The highest BCUT2D eigenvalue weighted by atomic mass is 16.5. The minimum atomic E-state index is -0.236. The first-order chi connectivity index (χ1) is 15.7. The highest BCUT2D eigenvalue weighted by Crippen LogP contribution is 2.29. The molecule has 0 aromatic heterocycles. The summed E-state index contributed by atoms with van der Waals surface area (Å²) in [5, 5.41) is 2.88. The molecule has 3 aromatic carbocycles. The van der Waals surface area contributed by atoms with Crippen LogP contribution >= 0.6 is 0 Å². The molecule has 1 amide bonds. The van der Waals surface area contributed by atoms with E-state index in [0.717, 1.165) is 24.0 Å². The molecule has 0 saturated carbocycles. The Bertz CT molecular complexity index is 1030. The van der Waals surface area contributed by atoms with Gasteiger partial charge in [-0.25, -0.2) is 0 Å². The Morgan fingerprint density at radius 1 is 0.906 bits per heavy atom. The Hall–Kier alpha value is -3.73. The van der Waals surface area contributed by atoms with Crippen LogP contribution in [0.25, 0.3) is 6.08 Å². The van der Waals surface area contributed by atoms with Crippen molar-refractivity contribution in [3.8, 4) is 17.2 Å². The van der Waals surface area contributed by atoms with Crippen LogP contribution in [-0.4, -0.2) is 19.6 Å². The van der Waals surface area contributed by atoms with E-state index in [1.54, 1.807) is 13.2 Å². The summed E-state index contributed by atoms with van der Waals surface area (Å²) in [6.45, 7) is 3.19. The average molecular weight is 432 g/mol. The van der Waals surface area contributed by atoms with Crippen molar-refractivity contribution < 1.29 is 19.0 Å². The third-order valence-electron chi connectivity index (χ3n) is 4.75. The number of rotatable bonds is 11. The first kappa shape index (κ1) is 22.9. The molecule has 1 N–H and O–H groups in total. The van der Waals surface area contributed by atoms with E-state index in [4.69, 9.17) is 14.2 Å². The zero-order chi connectivity index (χ0) is 22.6. The lowest BCUT2D eigenvalue weighted by Gasteiger charge is -2.12. The van der Waals surface area contributed by atoms with Gasteiger partial charge in [-0.3, -0.25) is 4.79 Å². The maximum absolute atomic E-state index is 12.4. The first-order valence-corrected chi connectivity index (χ1v) is 10.7. The molecule has 0 unspecified atom stereocenters. The first-order valence-electron chi connectivity index (χ1n) is 10.7. The summed E-state index contributed by atoms with van der Waals surface area (Å²) < 4.78 is 17.1. The Kier molecular flexibility index (Phi) is 8.75. The fourth-order valence-corrected chi connectivity index (χ4v) is 3.01. The van der Waals surface area contributed by atoms with Gasteiger partial charge in [0, 0.05) is 6.08 Å². The monoisotopic (exact) mass is 431 g/mol. The van der Waals surface area contributed by atoms with Crippen molar-refractivity contribution in [1.29, 1.82) is 0 Å². The molecule has 0 spiro atoms. The number of hydrogen-bond donors (Lipinski definition) is 1. The summed E-state index contributed by atoms with van der Waals surface area (Å²) in [4.78, 5) is 12.4. The van der Waals surface area contributed by atoms with Crippen LogP contribution in [0.3, 0.4) is 0 Å². The van der Waals surface area contributed by atoms with Crippen molar-refractivity contribution in [2.24, 2.45) is 0 Å². The topological polar surface area (TPSA) is 56.8 Å². The molecule has 3 rings (SSSR count). The number of benzene rings is 3. The number of amides is 1. The van der Waals surface area contributed by atoms with Crippen molar-refractivity contribution in [2.75, 3.05) is 19.0 Å². The predicted octanol–water partition coefficient (Wildman–Crippen LogP) is 6.11. The van der Waals surface area contributed by atoms with Gasteiger partial charge < -0.3 is 19.5 Å². The summed E-state index contributed by atoms with van der Waals surface area (Å²) in [6, 6.07) is 22.9. The number of nitrogens with one attached hydrogen (secondary N) is 1. The summed E-state index contributed by atoms with van der Waals surface area (Å²) in [5.41, 5.74) is 2.56. The Labute approximate surface area is 189 Å². The highest BCUT2D eigenvalue weighted by Gasteiger charge is 2.07. The van der Waals surface area contributed by atoms with Crippen LogP contribution < -0.4 is 19.5 Å². The summed E-state index contributed by atoms with van der Waals surface area (Å²) in [6.07, 6.45) is 5.24. The molecule has 3 aromatic rings. The fourth-order valence-electron chi connectivity index (χ4n) is 3.01. The van der Waals surface area contributed by atoms with Gasteiger partial charge in [-0.1, -0.05) is 61.9 Å². The molecule has 0 radical (unpaired) electrons. The summed E-state index contributed by atoms with van der Waals surface area (Å²) in [5.74, 6) is 1.69. The molecule has 0 heterocycles. The van der Waals surface area contributed by atoms with Gasteiger partial charge >= 0.3 is 0 Å². The molecular weight excluding hydrogens is 402 g/mol. The van der Waals surface area contributed by atoms with Crippen molar-refractivity contribution in [2.45, 2.75) is 26.4 Å². The SMILES string of the molecule is CCCCOc1ccccc1NC(=O)/C=C/c1ccc(OCc2ccccc2)c(OC)c1. The normalized spacial score (nSPS) is 10.7. The quantitative estimate of drug-likeness (QED) is 0.294. The number of carbonyl (C=O) groups is 1. The molecule has 5 heteroatoms. The second kappa shape index (κ2) is 12.2. The molecule has 0 aliphatic carbocycles. The van der Waals surface area contributed by atoms with Gasteiger partial charge in [0.25, 0.3) is 0 Å². The van der Waals surface area contributed by atoms with Crippen molar-refractivity contribution >= 4 is 17.7 Å². The molecular formula is C27H29NO4. The largest absolute Gasteiger partial charge is 0.493 e. The second-order valence-corrected chi connectivity index (χ2v) is 7.21. The van der Waals surface area contributed by atoms with Crippen LogP contribution in [0.4, 0.5) is 5.69 Å². The van der Waals surface area contributed by atoms with E-state index in [0.29, 0.717) is 36.1 Å². The van der Waals surface area contributed by atoms with Crippen molar-refractivity contribution in [3.05, 3.63) is 90.0 Å². The van der Waals surface area contributed by atoms with Crippen molar-refractivity contribution in [3.63, 3.8) is 0 Å². The summed E-state index contributed by atoms with van der Waals surface area (Å²) >= 11 is 0. The third kappa shape index (κ3) is 6.91. The van der Waals surface area contributed by atoms with Gasteiger partial charge in [-0.2, -0.15) is 0 Å². The van der Waals surface area contributed by atoms with Gasteiger partial charge in [-0.15, -0.1) is 0 Å². The number of hydrogen-bond acceptors (Lipinski definition) is 4. The molecule has 0 atom stereocenters. The van der Waals surface area contributed by atoms with Crippen LogP contribution in [0.1, 0.15) is 30.9 Å². The van der Waals surface area contributed by atoms with E-state index < -0.39 is 0 Å². The van der Waals surface area contributed by atoms with Gasteiger partial charge in [0.15, 0.2) is 11.5 Å². The summed E-state index contributed by atoms with van der Waals surface area (Å²) in [7, 11) is 1.60. The van der Waals surface area contributed by atoms with E-state index in [9.17, 15) is 4.79 Å². The fraction of sp³-hybridized carbons (Fsp3) is 0.222. The number of carbonyl (C=O) groups excluding carboxylic acids is 1. The van der Waals surface area contributed by atoms with Gasteiger partial charge in [0.2, 0.25) is 5.91 Å². The van der Waals surface area contributed by atoms with Gasteiger partial charge in [0.1, 0.15) is 12.4 Å². The number of methoxy groups -OCH3 is 1. The molecule has 166 valence electrons. The predicted molar refractivity (Wildman–Crippen MR) is 128 cm³/mol. The van der Waals surface area contributed by atoms with Crippen LogP contribution in [0.5, 0.6) is 17.2 Å². The lowest BCUT2D eigenvalue weighted by atomic mass is 10.2. The molecule has 32 heavy (non-hydrogen) atoms. The van der Waals surface area contributed by atoms with E-state index in [-0.39, 0.29) is 5.91 Å². The minimum absolute atomic E-state index is 0.236. The smallest absolute Gasteiger partial charge is 0.248 e. The van der Waals surface area contributed by atoms with Crippen LogP contribution in [0, 0.1) is 0 Å². The molecule has 5 nitrogen and oxygen atoms in total. The van der Waals surface area contributed by atoms with E-state index in [1.165, 1.54) is 6.08 Å². The molecule has 0 fully saturated rings. The lowest BCUT2D eigenvalue weighted by Crippen LogP contribution is -2.09. The van der Waals surface area contributed by atoms with Crippen LogP contribution in [0.15, 0.2) is 78.9 Å². The second-order valence-electron chi connectivity index (χ2n) is 7.21. The van der Waals surface area contributed by atoms with Crippen LogP contribution in [0.2, 0.25) is 0 Å². The molecule has 0 saturated heterocycles. The molecule has 0 aliphatic heterocycles. The molecule has 0 aliphatic rings. The number of para-hydroxylation sites is 2. The van der Waals surface area contributed by atoms with E-state index >= 15 is 0 Å². The van der Waals surface area contributed by atoms with Gasteiger partial charge in [-0.05, 0) is 47.9 Å². The number of anilines is 1. The Morgan fingerprint density at radius 3 is 2.47 bits per heavy atom. The Morgan fingerprint density at radius 2 is 1.69 bits per heavy atom. The van der Waals surface area contributed by atoms with Gasteiger partial charge in [0.05, 0.1) is 19.4 Å². The van der Waals surface area contributed by atoms with Crippen LogP contribution in [-0.2, 0) is 11.4 Å². The molecule has 0 bridgehead atoms. The van der Waals surface area contributed by atoms with E-state index in [1.807, 2.05) is 72.8 Å². The third-order valence-corrected chi connectivity index (χ3v) is 4.75. The number of ether oxygens (including phenoxy) is 3. The zero-order valence-electron chi connectivity index (χ0n) is 18.5. The average Bonchev–Trinajstić information content (AvgIpc) is 2.83. The van der Waals surface area contributed by atoms with E-state index in [2.05, 4.69) is 12.2 Å². The zero-order valence-corrected chi connectivity index (χ0v) is 18.5. The minimum Gasteiger partial charge on any atom is -0.493 e. The van der Waals surface area contributed by atoms with Crippen molar-refractivity contribution in [1.82, 2.24) is 0 Å². The maximum atomic E-state index is 12.4. The maximum Gasteiger partial charge on any atom is 0.248 e. The number of unbranched alkanes of at least 4 members (excludes halogenated alkanes) is 1.